The van der Waals surface area contributed by atoms with Gasteiger partial charge in [0, 0.05) is 18.5 Å². The smallest absolute Gasteiger partial charge is 0.340 e. The number of aromatic nitrogens is 2. The molecule has 0 aliphatic rings. The van der Waals surface area contributed by atoms with Gasteiger partial charge in [-0.2, -0.15) is 0 Å². The van der Waals surface area contributed by atoms with E-state index in [1.807, 2.05) is 6.07 Å². The third kappa shape index (κ3) is 3.04. The number of carbonyl (C=O) groups is 1. The Morgan fingerprint density at radius 1 is 1.22 bits per heavy atom. The summed E-state index contributed by atoms with van der Waals surface area (Å²) in [5.41, 5.74) is 1.08. The molecule has 92 valence electrons. The Bertz CT molecular complexity index is 512. The van der Waals surface area contributed by atoms with E-state index in [9.17, 15) is 4.79 Å². The number of methoxy groups -OCH3 is 1. The van der Waals surface area contributed by atoms with Crippen LogP contribution in [0, 0.1) is 0 Å². The molecular formula is C13H12N2O3. The zero-order valence-electron chi connectivity index (χ0n) is 9.87. The normalized spacial score (nSPS) is 9.83. The van der Waals surface area contributed by atoms with Crippen LogP contribution >= 0.6 is 0 Å². The molecule has 0 atom stereocenters. The van der Waals surface area contributed by atoms with Crippen molar-refractivity contribution in [2.45, 2.75) is 6.61 Å². The molecular weight excluding hydrogens is 232 g/mol. The number of hydrogen-bond donors (Lipinski definition) is 0. The monoisotopic (exact) mass is 244 g/mol. The van der Waals surface area contributed by atoms with Gasteiger partial charge in [0.2, 0.25) is 5.88 Å². The van der Waals surface area contributed by atoms with Gasteiger partial charge in [-0.25, -0.2) is 9.78 Å². The number of pyridine rings is 2. The summed E-state index contributed by atoms with van der Waals surface area (Å²) in [7, 11) is 1.52. The summed E-state index contributed by atoms with van der Waals surface area (Å²) < 4.78 is 10.0. The van der Waals surface area contributed by atoms with E-state index < -0.39 is 5.97 Å². The fourth-order valence-corrected chi connectivity index (χ4v) is 1.33. The Morgan fingerprint density at radius 2 is 2.11 bits per heavy atom. The first kappa shape index (κ1) is 12.0. The predicted octanol–water partition coefficient (Wildman–Crippen LogP) is 1.84. The molecule has 2 aromatic rings. The van der Waals surface area contributed by atoms with E-state index in [2.05, 4.69) is 9.97 Å². The van der Waals surface area contributed by atoms with Crippen molar-refractivity contribution in [1.82, 2.24) is 9.97 Å². The Labute approximate surface area is 104 Å². The van der Waals surface area contributed by atoms with Crippen LogP contribution in [0.5, 0.6) is 5.88 Å². The quantitative estimate of drug-likeness (QED) is 0.768. The lowest BCUT2D eigenvalue weighted by Crippen LogP contribution is -2.06. The van der Waals surface area contributed by atoms with Gasteiger partial charge in [0.05, 0.1) is 18.4 Å². The first-order valence-corrected chi connectivity index (χ1v) is 5.36. The second kappa shape index (κ2) is 5.77. The third-order valence-corrected chi connectivity index (χ3v) is 2.26. The van der Waals surface area contributed by atoms with Crippen LogP contribution in [-0.2, 0) is 11.3 Å². The van der Waals surface area contributed by atoms with Crippen LogP contribution in [0.3, 0.4) is 0 Å². The molecule has 0 saturated heterocycles. The van der Waals surface area contributed by atoms with Gasteiger partial charge in [0.25, 0.3) is 0 Å². The molecule has 0 aromatic carbocycles. The van der Waals surface area contributed by atoms with Crippen LogP contribution in [0.15, 0.2) is 42.7 Å². The maximum Gasteiger partial charge on any atom is 0.340 e. The van der Waals surface area contributed by atoms with Crippen molar-refractivity contribution in [3.8, 4) is 5.88 Å². The zero-order valence-corrected chi connectivity index (χ0v) is 9.87. The molecule has 0 unspecified atom stereocenters. The Balaban J connectivity index is 1.95. The van der Waals surface area contributed by atoms with Gasteiger partial charge in [0.15, 0.2) is 0 Å². The van der Waals surface area contributed by atoms with Crippen LogP contribution in [0.4, 0.5) is 0 Å². The minimum atomic E-state index is -0.434. The van der Waals surface area contributed by atoms with Crippen LogP contribution in [-0.4, -0.2) is 23.0 Å². The summed E-state index contributed by atoms with van der Waals surface area (Å²) in [6, 6.07) is 8.65. The van der Waals surface area contributed by atoms with Gasteiger partial charge < -0.3 is 9.47 Å². The molecule has 2 heterocycles. The largest absolute Gasteiger partial charge is 0.481 e. The molecule has 0 fully saturated rings. The highest BCUT2D eigenvalue weighted by Gasteiger charge is 2.08. The highest BCUT2D eigenvalue weighted by molar-refractivity contribution is 5.89. The SMILES string of the molecule is COc1ccc(C(=O)OCc2ccccn2)cn1. The Morgan fingerprint density at radius 3 is 2.72 bits per heavy atom. The van der Waals surface area contributed by atoms with E-state index in [1.165, 1.54) is 13.3 Å². The zero-order chi connectivity index (χ0) is 12.8. The Kier molecular flexibility index (Phi) is 3.86. The molecule has 0 spiro atoms. The lowest BCUT2D eigenvalue weighted by molar-refractivity contribution is 0.0467. The first-order chi connectivity index (χ1) is 8.79. The van der Waals surface area contributed by atoms with E-state index >= 15 is 0 Å². The van der Waals surface area contributed by atoms with Gasteiger partial charge in [0.1, 0.15) is 6.61 Å². The fourth-order valence-electron chi connectivity index (χ4n) is 1.33. The lowest BCUT2D eigenvalue weighted by atomic mass is 10.3. The standard InChI is InChI=1S/C13H12N2O3/c1-17-12-6-5-10(8-15-12)13(16)18-9-11-4-2-3-7-14-11/h2-8H,9H2,1H3. The minimum absolute atomic E-state index is 0.145. The molecule has 5 nitrogen and oxygen atoms in total. The number of ether oxygens (including phenoxy) is 2. The maximum absolute atomic E-state index is 11.7. The number of nitrogens with zero attached hydrogens (tertiary/aromatic N) is 2. The third-order valence-electron chi connectivity index (χ3n) is 2.26. The van der Waals surface area contributed by atoms with Gasteiger partial charge in [-0.3, -0.25) is 4.98 Å². The van der Waals surface area contributed by atoms with Crippen LogP contribution in [0.2, 0.25) is 0 Å². The van der Waals surface area contributed by atoms with E-state index in [0.29, 0.717) is 17.1 Å². The topological polar surface area (TPSA) is 61.3 Å². The molecule has 0 aliphatic carbocycles. The minimum Gasteiger partial charge on any atom is -0.481 e. The van der Waals surface area contributed by atoms with Crippen molar-refractivity contribution < 1.29 is 14.3 Å². The predicted molar refractivity (Wildman–Crippen MR) is 64.1 cm³/mol. The lowest BCUT2D eigenvalue weighted by Gasteiger charge is -2.04. The molecule has 2 rings (SSSR count). The molecule has 0 saturated carbocycles. The molecule has 18 heavy (non-hydrogen) atoms. The second-order valence-electron chi connectivity index (χ2n) is 3.49. The molecule has 0 radical (unpaired) electrons. The highest BCUT2D eigenvalue weighted by Crippen LogP contribution is 2.08. The van der Waals surface area contributed by atoms with Gasteiger partial charge in [-0.05, 0) is 18.2 Å². The summed E-state index contributed by atoms with van der Waals surface area (Å²) in [5, 5.41) is 0. The highest BCUT2D eigenvalue weighted by atomic mass is 16.5. The summed E-state index contributed by atoms with van der Waals surface area (Å²) in [6.07, 6.45) is 3.07. The summed E-state index contributed by atoms with van der Waals surface area (Å²) in [4.78, 5) is 19.7. The van der Waals surface area contributed by atoms with Gasteiger partial charge in [-0.15, -0.1) is 0 Å². The number of hydrogen-bond acceptors (Lipinski definition) is 5. The van der Waals surface area contributed by atoms with Crippen molar-refractivity contribution in [3.05, 3.63) is 54.0 Å². The van der Waals surface area contributed by atoms with Crippen molar-refractivity contribution in [2.24, 2.45) is 0 Å². The van der Waals surface area contributed by atoms with E-state index in [0.717, 1.165) is 0 Å². The average molecular weight is 244 g/mol. The molecule has 2 aromatic heterocycles. The van der Waals surface area contributed by atoms with Crippen molar-refractivity contribution in [2.75, 3.05) is 7.11 Å². The van der Waals surface area contributed by atoms with Crippen LogP contribution in [0.1, 0.15) is 16.1 Å². The molecule has 0 N–H and O–H groups in total. The molecule has 0 amide bonds. The fraction of sp³-hybridized carbons (Fsp3) is 0.154. The van der Waals surface area contributed by atoms with Crippen LogP contribution < -0.4 is 4.74 Å². The molecule has 5 heteroatoms. The molecule has 0 aliphatic heterocycles. The van der Waals surface area contributed by atoms with E-state index in [4.69, 9.17) is 9.47 Å². The second-order valence-corrected chi connectivity index (χ2v) is 3.49. The maximum atomic E-state index is 11.7. The van der Waals surface area contributed by atoms with Gasteiger partial charge in [-0.1, -0.05) is 6.07 Å². The average Bonchev–Trinajstić information content (AvgIpc) is 2.46. The van der Waals surface area contributed by atoms with E-state index in [1.54, 1.807) is 30.5 Å². The van der Waals surface area contributed by atoms with Crippen molar-refractivity contribution in [1.29, 1.82) is 0 Å². The van der Waals surface area contributed by atoms with E-state index in [-0.39, 0.29) is 6.61 Å². The number of carbonyl (C=O) groups excluding carboxylic acids is 1. The number of esters is 1. The number of rotatable bonds is 4. The van der Waals surface area contributed by atoms with Crippen molar-refractivity contribution >= 4 is 5.97 Å². The summed E-state index contributed by atoms with van der Waals surface area (Å²) in [5.74, 6) is 0.0204. The Hall–Kier alpha value is -2.43. The van der Waals surface area contributed by atoms with Gasteiger partial charge >= 0.3 is 5.97 Å². The summed E-state index contributed by atoms with van der Waals surface area (Å²) >= 11 is 0. The van der Waals surface area contributed by atoms with Crippen LogP contribution in [0.25, 0.3) is 0 Å². The molecule has 0 bridgehead atoms. The summed E-state index contributed by atoms with van der Waals surface area (Å²) in [6.45, 7) is 0.145. The van der Waals surface area contributed by atoms with Crippen molar-refractivity contribution in [3.63, 3.8) is 0 Å². The first-order valence-electron chi connectivity index (χ1n) is 5.36.